The van der Waals surface area contributed by atoms with Crippen molar-refractivity contribution in [3.63, 3.8) is 0 Å². The van der Waals surface area contributed by atoms with E-state index >= 15 is 0 Å². The Balaban J connectivity index is 1.07. The number of nitrogens with zero attached hydrogens (tertiary/aromatic N) is 2. The minimum atomic E-state index is -0.179. The third kappa shape index (κ3) is 3.39. The summed E-state index contributed by atoms with van der Waals surface area (Å²) in [6.07, 6.45) is 0. The van der Waals surface area contributed by atoms with Gasteiger partial charge >= 0.3 is 0 Å². The quantitative estimate of drug-likeness (QED) is 0.175. The van der Waals surface area contributed by atoms with Gasteiger partial charge in [-0.2, -0.15) is 0 Å². The molecule has 0 saturated carbocycles. The van der Waals surface area contributed by atoms with E-state index in [4.69, 9.17) is 0 Å². The molecule has 0 spiro atoms. The van der Waals surface area contributed by atoms with Crippen LogP contribution in [0.4, 0.5) is 0 Å². The second kappa shape index (κ2) is 9.24. The fourth-order valence-electron chi connectivity index (χ4n) is 8.95. The summed E-state index contributed by atoms with van der Waals surface area (Å²) >= 11 is 0. The molecule has 7 aromatic carbocycles. The fraction of sp³-hybridized carbons (Fsp3) is 0.0652. The first-order valence-corrected chi connectivity index (χ1v) is 17.0. The molecule has 3 heterocycles. The Kier molecular flexibility index (Phi) is 5.06. The number of fused-ring (bicyclic) bond motifs is 11. The van der Waals surface area contributed by atoms with Gasteiger partial charge in [-0.25, -0.2) is 0 Å². The number of benzene rings is 7. The predicted molar refractivity (Wildman–Crippen MR) is 205 cm³/mol. The van der Waals surface area contributed by atoms with E-state index in [1.165, 1.54) is 55.3 Å². The van der Waals surface area contributed by atoms with Gasteiger partial charge in [0.1, 0.15) is 0 Å². The van der Waals surface area contributed by atoms with Gasteiger partial charge in [0.15, 0.2) is 0 Å². The monoisotopic (exact) mass is 626 g/mol. The summed E-state index contributed by atoms with van der Waals surface area (Å²) in [6, 6.07) is 52.3. The number of aromatic nitrogens is 2. The maximum Gasteiger partial charge on any atom is 0.263 e. The summed E-state index contributed by atoms with van der Waals surface area (Å²) in [5, 5.41) is 7.65. The van der Waals surface area contributed by atoms with Crippen LogP contribution >= 0.6 is 0 Å². The second-order valence-electron chi connectivity index (χ2n) is 14.1. The number of pyridine rings is 1. The molecule has 3 nitrogen and oxygen atoms in total. The van der Waals surface area contributed by atoms with E-state index in [-0.39, 0.29) is 11.0 Å². The lowest BCUT2D eigenvalue weighted by atomic mass is 9.81. The van der Waals surface area contributed by atoms with Gasteiger partial charge < -0.3 is 4.57 Å². The molecule has 230 valence electrons. The molecule has 0 amide bonds. The molecule has 0 aliphatic heterocycles. The van der Waals surface area contributed by atoms with Crippen LogP contribution in [-0.4, -0.2) is 8.97 Å². The smallest absolute Gasteiger partial charge is 0.263 e. The van der Waals surface area contributed by atoms with Crippen molar-refractivity contribution in [1.82, 2.24) is 8.97 Å². The Hall–Kier alpha value is -6.19. The maximum absolute atomic E-state index is 13.8. The molecule has 49 heavy (non-hydrogen) atoms. The molecule has 0 atom stereocenters. The molecule has 0 radical (unpaired) electrons. The molecule has 0 fully saturated rings. The van der Waals surface area contributed by atoms with E-state index in [2.05, 4.69) is 146 Å². The van der Waals surface area contributed by atoms with E-state index in [9.17, 15) is 4.79 Å². The fourth-order valence-corrected chi connectivity index (χ4v) is 8.95. The molecule has 3 aromatic heterocycles. The van der Waals surface area contributed by atoms with Gasteiger partial charge in [-0.05, 0) is 87.3 Å². The zero-order valence-corrected chi connectivity index (χ0v) is 27.2. The first-order valence-electron chi connectivity index (χ1n) is 17.0. The van der Waals surface area contributed by atoms with Crippen LogP contribution in [0.25, 0.3) is 87.7 Å². The summed E-state index contributed by atoms with van der Waals surface area (Å²) in [5.41, 5.74) is 13.1. The van der Waals surface area contributed by atoms with Crippen molar-refractivity contribution in [2.24, 2.45) is 0 Å². The molecule has 0 unspecified atom stereocenters. The normalized spacial score (nSPS) is 13.8. The zero-order chi connectivity index (χ0) is 32.6. The third-order valence-electron chi connectivity index (χ3n) is 11.3. The maximum atomic E-state index is 13.8. The van der Waals surface area contributed by atoms with Crippen LogP contribution < -0.4 is 5.56 Å². The van der Waals surface area contributed by atoms with Crippen molar-refractivity contribution in [2.75, 3.05) is 0 Å². The molecule has 0 bridgehead atoms. The molecule has 0 N–H and O–H groups in total. The Morgan fingerprint density at radius 3 is 1.73 bits per heavy atom. The van der Waals surface area contributed by atoms with Crippen molar-refractivity contribution in [1.29, 1.82) is 0 Å². The first kappa shape index (κ1) is 26.8. The minimum Gasteiger partial charge on any atom is -0.309 e. The first-order chi connectivity index (χ1) is 24.0. The van der Waals surface area contributed by atoms with Crippen LogP contribution in [0.5, 0.6) is 0 Å². The largest absolute Gasteiger partial charge is 0.309 e. The highest BCUT2D eigenvalue weighted by Crippen LogP contribution is 2.51. The van der Waals surface area contributed by atoms with Crippen LogP contribution in [0.2, 0.25) is 0 Å². The Labute approximate surface area is 282 Å². The van der Waals surface area contributed by atoms with Crippen molar-refractivity contribution < 1.29 is 0 Å². The standard InChI is InChI=1S/C46H30N2O/c1-46(2)39-25-28(27-19-23-43-38(24-27)36-15-9-14-35-30-10-3-4-13-37(30)45(49)48(43)44(35)36)18-21-31(39)32-22-20-29(26-40(32)46)47-41-16-7-5-11-33(41)34-12-6-8-17-42(34)47/h3-26H,1-2H3. The molecule has 11 rings (SSSR count). The lowest BCUT2D eigenvalue weighted by Crippen LogP contribution is -2.15. The number of para-hydroxylation sites is 3. The SMILES string of the molecule is CC1(C)c2cc(-c3ccc4c(c3)c3cccc5c6ccccc6c(=O)n4c53)ccc2-c2ccc(-n3c4ccccc4c4ccccc43)cc21. The van der Waals surface area contributed by atoms with Gasteiger partial charge in [0.05, 0.1) is 22.1 Å². The van der Waals surface area contributed by atoms with Crippen LogP contribution in [0.15, 0.2) is 150 Å². The second-order valence-corrected chi connectivity index (χ2v) is 14.1. The van der Waals surface area contributed by atoms with Gasteiger partial charge in [-0.15, -0.1) is 0 Å². The average Bonchev–Trinajstić information content (AvgIpc) is 3.74. The topological polar surface area (TPSA) is 26.4 Å². The summed E-state index contributed by atoms with van der Waals surface area (Å²) < 4.78 is 4.33. The molecule has 1 aliphatic carbocycles. The van der Waals surface area contributed by atoms with Crippen molar-refractivity contribution >= 4 is 59.8 Å². The number of hydrogen-bond donors (Lipinski definition) is 0. The lowest BCUT2D eigenvalue weighted by Gasteiger charge is -2.23. The van der Waals surface area contributed by atoms with Crippen molar-refractivity contribution in [3.8, 4) is 27.9 Å². The molecular formula is C46H30N2O. The van der Waals surface area contributed by atoms with E-state index in [0.29, 0.717) is 0 Å². The highest BCUT2D eigenvalue weighted by molar-refractivity contribution is 6.20. The highest BCUT2D eigenvalue weighted by Gasteiger charge is 2.36. The van der Waals surface area contributed by atoms with E-state index < -0.39 is 0 Å². The Bertz CT molecular complexity index is 3050. The zero-order valence-electron chi connectivity index (χ0n) is 27.2. The summed E-state index contributed by atoms with van der Waals surface area (Å²) in [7, 11) is 0. The van der Waals surface area contributed by atoms with Gasteiger partial charge in [-0.3, -0.25) is 9.20 Å². The summed E-state index contributed by atoms with van der Waals surface area (Å²) in [6.45, 7) is 4.71. The minimum absolute atomic E-state index is 0.0411. The Morgan fingerprint density at radius 2 is 1.00 bits per heavy atom. The van der Waals surface area contributed by atoms with Gasteiger partial charge in [0, 0.05) is 43.4 Å². The summed E-state index contributed by atoms with van der Waals surface area (Å²) in [4.78, 5) is 13.8. The Morgan fingerprint density at radius 1 is 0.449 bits per heavy atom. The van der Waals surface area contributed by atoms with Crippen molar-refractivity contribution in [3.05, 3.63) is 167 Å². The number of rotatable bonds is 2. The van der Waals surface area contributed by atoms with Crippen LogP contribution in [0, 0.1) is 0 Å². The molecule has 3 heteroatoms. The molecule has 0 saturated heterocycles. The van der Waals surface area contributed by atoms with Gasteiger partial charge in [0.2, 0.25) is 0 Å². The number of hydrogen-bond acceptors (Lipinski definition) is 1. The van der Waals surface area contributed by atoms with Gasteiger partial charge in [0.25, 0.3) is 5.56 Å². The predicted octanol–water partition coefficient (Wildman–Crippen LogP) is 11.3. The van der Waals surface area contributed by atoms with Crippen molar-refractivity contribution in [2.45, 2.75) is 19.3 Å². The average molecular weight is 627 g/mol. The van der Waals surface area contributed by atoms with E-state index in [1.807, 2.05) is 22.6 Å². The third-order valence-corrected chi connectivity index (χ3v) is 11.3. The molecule has 10 aromatic rings. The molecule has 1 aliphatic rings. The van der Waals surface area contributed by atoms with Crippen LogP contribution in [0.3, 0.4) is 0 Å². The lowest BCUT2D eigenvalue weighted by molar-refractivity contribution is 0.660. The summed E-state index contributed by atoms with van der Waals surface area (Å²) in [5.74, 6) is 0. The van der Waals surface area contributed by atoms with E-state index in [0.717, 1.165) is 43.5 Å². The molecular weight excluding hydrogens is 597 g/mol. The highest BCUT2D eigenvalue weighted by atomic mass is 16.1. The van der Waals surface area contributed by atoms with Gasteiger partial charge in [-0.1, -0.05) is 111 Å². The van der Waals surface area contributed by atoms with Crippen LogP contribution in [0.1, 0.15) is 25.0 Å². The van der Waals surface area contributed by atoms with E-state index in [1.54, 1.807) is 0 Å². The van der Waals surface area contributed by atoms with Crippen LogP contribution in [-0.2, 0) is 5.41 Å².